The molecule has 7 nitrogen and oxygen atoms in total. The van der Waals surface area contributed by atoms with Gasteiger partial charge in [-0.15, -0.1) is 0 Å². The Hall–Kier alpha value is -1.79. The van der Waals surface area contributed by atoms with Crippen LogP contribution in [0.5, 0.6) is 0 Å². The van der Waals surface area contributed by atoms with Crippen LogP contribution < -0.4 is 16.0 Å². The summed E-state index contributed by atoms with van der Waals surface area (Å²) in [4.78, 5) is 33.3. The van der Waals surface area contributed by atoms with Crippen LogP contribution in [0.4, 0.5) is 4.79 Å². The van der Waals surface area contributed by atoms with Gasteiger partial charge in [-0.2, -0.15) is 0 Å². The normalized spacial score (nSPS) is 15.4. The Kier molecular flexibility index (Phi) is 6.11. The van der Waals surface area contributed by atoms with Crippen LogP contribution in [0.2, 0.25) is 0 Å². The molecule has 1 rings (SSSR count). The SMILES string of the molecule is CCC(CC(=O)O)NC(=O)NCCNC(=O)C1CC1. The largest absolute Gasteiger partial charge is 0.481 e. The summed E-state index contributed by atoms with van der Waals surface area (Å²) in [5, 5.41) is 16.5. The lowest BCUT2D eigenvalue weighted by molar-refractivity contribution is -0.137. The van der Waals surface area contributed by atoms with Crippen LogP contribution in [0.3, 0.4) is 0 Å². The van der Waals surface area contributed by atoms with Crippen LogP contribution in [-0.4, -0.2) is 42.1 Å². The number of carboxylic acid groups (broad SMARTS) is 1. The van der Waals surface area contributed by atoms with Gasteiger partial charge in [0.05, 0.1) is 6.42 Å². The molecule has 0 aromatic rings. The van der Waals surface area contributed by atoms with Gasteiger partial charge in [-0.3, -0.25) is 9.59 Å². The third kappa shape index (κ3) is 6.64. The van der Waals surface area contributed by atoms with E-state index in [2.05, 4.69) is 16.0 Å². The summed E-state index contributed by atoms with van der Waals surface area (Å²) in [7, 11) is 0. The summed E-state index contributed by atoms with van der Waals surface area (Å²) in [5.74, 6) is -0.739. The molecule has 1 unspecified atom stereocenters. The number of rotatable bonds is 8. The molecule has 1 aliphatic rings. The fourth-order valence-electron chi connectivity index (χ4n) is 1.60. The Morgan fingerprint density at radius 2 is 1.84 bits per heavy atom. The Morgan fingerprint density at radius 3 is 2.37 bits per heavy atom. The van der Waals surface area contributed by atoms with E-state index in [1.807, 2.05) is 6.92 Å². The molecular weight excluding hydrogens is 250 g/mol. The Balaban J connectivity index is 2.08. The minimum Gasteiger partial charge on any atom is -0.481 e. The lowest BCUT2D eigenvalue weighted by Gasteiger charge is -2.15. The molecule has 1 atom stereocenters. The molecule has 0 spiro atoms. The van der Waals surface area contributed by atoms with Gasteiger partial charge in [0.2, 0.25) is 5.91 Å². The summed E-state index contributed by atoms with van der Waals surface area (Å²) >= 11 is 0. The van der Waals surface area contributed by atoms with E-state index in [1.165, 1.54) is 0 Å². The molecule has 4 N–H and O–H groups in total. The van der Waals surface area contributed by atoms with Crippen molar-refractivity contribution in [1.82, 2.24) is 16.0 Å². The number of amides is 3. The molecule has 0 aromatic carbocycles. The van der Waals surface area contributed by atoms with Crippen molar-refractivity contribution in [3.63, 3.8) is 0 Å². The first kappa shape index (κ1) is 15.3. The second-order valence-electron chi connectivity index (χ2n) is 4.67. The van der Waals surface area contributed by atoms with Gasteiger partial charge in [0.25, 0.3) is 0 Å². The van der Waals surface area contributed by atoms with Gasteiger partial charge in [-0.05, 0) is 19.3 Å². The second kappa shape index (κ2) is 7.60. The van der Waals surface area contributed by atoms with Crippen molar-refractivity contribution in [2.45, 2.75) is 38.6 Å². The average molecular weight is 271 g/mol. The first-order valence-electron chi connectivity index (χ1n) is 6.56. The van der Waals surface area contributed by atoms with Gasteiger partial charge in [0.1, 0.15) is 0 Å². The second-order valence-corrected chi connectivity index (χ2v) is 4.67. The number of hydrogen-bond acceptors (Lipinski definition) is 3. The van der Waals surface area contributed by atoms with E-state index < -0.39 is 12.0 Å². The molecule has 0 aliphatic heterocycles. The molecular formula is C12H21N3O4. The molecule has 0 bridgehead atoms. The Bertz CT molecular complexity index is 342. The van der Waals surface area contributed by atoms with Crippen LogP contribution >= 0.6 is 0 Å². The molecule has 0 heterocycles. The molecule has 1 aliphatic carbocycles. The summed E-state index contributed by atoms with van der Waals surface area (Å²) in [6, 6.07) is -0.785. The lowest BCUT2D eigenvalue weighted by atomic mass is 10.1. The molecule has 0 saturated heterocycles. The van der Waals surface area contributed by atoms with Crippen molar-refractivity contribution in [2.24, 2.45) is 5.92 Å². The first-order valence-corrected chi connectivity index (χ1v) is 6.56. The van der Waals surface area contributed by atoms with E-state index in [0.717, 1.165) is 12.8 Å². The fraction of sp³-hybridized carbons (Fsp3) is 0.750. The number of nitrogens with one attached hydrogen (secondary N) is 3. The number of hydrogen-bond donors (Lipinski definition) is 4. The fourth-order valence-corrected chi connectivity index (χ4v) is 1.60. The maximum Gasteiger partial charge on any atom is 0.315 e. The Labute approximate surface area is 112 Å². The third-order valence-corrected chi connectivity index (χ3v) is 2.91. The summed E-state index contributed by atoms with van der Waals surface area (Å²) in [5.41, 5.74) is 0. The monoisotopic (exact) mass is 271 g/mol. The van der Waals surface area contributed by atoms with Crippen molar-refractivity contribution < 1.29 is 19.5 Å². The lowest BCUT2D eigenvalue weighted by Crippen LogP contribution is -2.45. The van der Waals surface area contributed by atoms with Gasteiger partial charge >= 0.3 is 12.0 Å². The van der Waals surface area contributed by atoms with Gasteiger partial charge in [-0.1, -0.05) is 6.92 Å². The number of aliphatic carboxylic acids is 1. The third-order valence-electron chi connectivity index (χ3n) is 2.91. The maximum atomic E-state index is 11.5. The molecule has 3 amide bonds. The van der Waals surface area contributed by atoms with Gasteiger partial charge in [0, 0.05) is 25.0 Å². The highest BCUT2D eigenvalue weighted by Gasteiger charge is 2.28. The first-order chi connectivity index (χ1) is 9.02. The van der Waals surface area contributed by atoms with E-state index in [4.69, 9.17) is 5.11 Å². The van der Waals surface area contributed by atoms with Gasteiger partial charge in [-0.25, -0.2) is 4.79 Å². The quantitative estimate of drug-likeness (QED) is 0.468. The molecule has 108 valence electrons. The van der Waals surface area contributed by atoms with Gasteiger partial charge in [0.15, 0.2) is 0 Å². The number of urea groups is 1. The minimum atomic E-state index is -0.941. The van der Waals surface area contributed by atoms with Crippen LogP contribution in [0.15, 0.2) is 0 Å². The van der Waals surface area contributed by atoms with Crippen molar-refractivity contribution >= 4 is 17.9 Å². The zero-order valence-corrected chi connectivity index (χ0v) is 11.1. The highest BCUT2D eigenvalue weighted by molar-refractivity contribution is 5.81. The topological polar surface area (TPSA) is 108 Å². The van der Waals surface area contributed by atoms with Crippen LogP contribution in [0, 0.1) is 5.92 Å². The van der Waals surface area contributed by atoms with E-state index in [1.54, 1.807) is 0 Å². The highest BCUT2D eigenvalue weighted by atomic mass is 16.4. The zero-order valence-electron chi connectivity index (χ0n) is 11.1. The van der Waals surface area contributed by atoms with Crippen molar-refractivity contribution in [3.8, 4) is 0 Å². The van der Waals surface area contributed by atoms with Crippen LogP contribution in [0.25, 0.3) is 0 Å². The Morgan fingerprint density at radius 1 is 1.21 bits per heavy atom. The van der Waals surface area contributed by atoms with E-state index in [0.29, 0.717) is 19.5 Å². The van der Waals surface area contributed by atoms with E-state index in [9.17, 15) is 14.4 Å². The molecule has 0 radical (unpaired) electrons. The number of carbonyl (C=O) groups is 3. The smallest absolute Gasteiger partial charge is 0.315 e. The summed E-state index contributed by atoms with van der Waals surface area (Å²) < 4.78 is 0. The van der Waals surface area contributed by atoms with Crippen LogP contribution in [0.1, 0.15) is 32.6 Å². The van der Waals surface area contributed by atoms with Crippen LogP contribution in [-0.2, 0) is 9.59 Å². The van der Waals surface area contributed by atoms with Gasteiger partial charge < -0.3 is 21.1 Å². The molecule has 1 saturated carbocycles. The van der Waals surface area contributed by atoms with E-state index >= 15 is 0 Å². The summed E-state index contributed by atoms with van der Waals surface area (Å²) in [6.45, 7) is 2.52. The van der Waals surface area contributed by atoms with Crippen molar-refractivity contribution in [3.05, 3.63) is 0 Å². The van der Waals surface area contributed by atoms with E-state index in [-0.39, 0.29) is 24.3 Å². The molecule has 19 heavy (non-hydrogen) atoms. The molecule has 1 fully saturated rings. The number of carboxylic acids is 1. The molecule has 7 heteroatoms. The number of carbonyl (C=O) groups excluding carboxylic acids is 2. The minimum absolute atomic E-state index is 0.0412. The average Bonchev–Trinajstić information content (AvgIpc) is 3.17. The predicted octanol–water partition coefficient (Wildman–Crippen LogP) is 0.0651. The molecule has 0 aromatic heterocycles. The summed E-state index contributed by atoms with van der Waals surface area (Å²) in [6.07, 6.45) is 2.36. The predicted molar refractivity (Wildman–Crippen MR) is 68.6 cm³/mol. The maximum absolute atomic E-state index is 11.5. The van der Waals surface area contributed by atoms with Crippen molar-refractivity contribution in [1.29, 1.82) is 0 Å². The zero-order chi connectivity index (χ0) is 14.3. The van der Waals surface area contributed by atoms with Crippen molar-refractivity contribution in [2.75, 3.05) is 13.1 Å². The highest BCUT2D eigenvalue weighted by Crippen LogP contribution is 2.28. The standard InChI is InChI=1S/C12H21N3O4/c1-2-9(7-10(16)17)15-12(19)14-6-5-13-11(18)8-3-4-8/h8-9H,2-7H2,1H3,(H,13,18)(H,16,17)(H2,14,15,19).